The minimum atomic E-state index is 0.00379. The molecule has 2 heterocycles. The van der Waals surface area contributed by atoms with Crippen molar-refractivity contribution in [3.05, 3.63) is 54.4 Å². The molecule has 0 bridgehead atoms. The van der Waals surface area contributed by atoms with E-state index in [1.54, 1.807) is 17.1 Å². The molecule has 0 spiro atoms. The number of piperazine rings is 1. The van der Waals surface area contributed by atoms with Crippen LogP contribution in [0.5, 0.6) is 0 Å². The van der Waals surface area contributed by atoms with Gasteiger partial charge in [-0.05, 0) is 18.7 Å². The van der Waals surface area contributed by atoms with E-state index >= 15 is 0 Å². The third-order valence-corrected chi connectivity index (χ3v) is 4.46. The van der Waals surface area contributed by atoms with Crippen LogP contribution >= 0.6 is 0 Å². The Morgan fingerprint density at radius 2 is 2.08 bits per heavy atom. The standard InChI is InChI=1S/C18H25N5O/c1-21-12-13-22(17(14-21)16-6-3-2-4-7-16)11-9-19-18(24)15-23-10-5-8-20-23/h2-8,10,17H,9,11-15H2,1H3,(H,19,24). The molecule has 1 saturated heterocycles. The molecule has 2 aromatic rings. The topological polar surface area (TPSA) is 53.4 Å². The summed E-state index contributed by atoms with van der Waals surface area (Å²) in [5.41, 5.74) is 1.34. The molecule has 1 unspecified atom stereocenters. The number of nitrogens with one attached hydrogen (secondary N) is 1. The van der Waals surface area contributed by atoms with Gasteiger partial charge in [0.05, 0.1) is 0 Å². The highest BCUT2D eigenvalue weighted by Gasteiger charge is 2.26. The van der Waals surface area contributed by atoms with Crippen molar-refractivity contribution in [3.8, 4) is 0 Å². The molecule has 24 heavy (non-hydrogen) atoms. The van der Waals surface area contributed by atoms with Gasteiger partial charge in [0.25, 0.3) is 0 Å². The minimum Gasteiger partial charge on any atom is -0.353 e. The SMILES string of the molecule is CN1CCN(CCNC(=O)Cn2cccn2)C(c2ccccc2)C1. The van der Waals surface area contributed by atoms with Crippen LogP contribution in [-0.4, -0.2) is 65.3 Å². The Labute approximate surface area is 143 Å². The summed E-state index contributed by atoms with van der Waals surface area (Å²) in [4.78, 5) is 16.8. The van der Waals surface area contributed by atoms with Crippen molar-refractivity contribution in [2.45, 2.75) is 12.6 Å². The van der Waals surface area contributed by atoms with E-state index in [0.29, 0.717) is 12.6 Å². The molecule has 6 heteroatoms. The highest BCUT2D eigenvalue weighted by atomic mass is 16.2. The molecule has 0 aliphatic carbocycles. The summed E-state index contributed by atoms with van der Waals surface area (Å²) >= 11 is 0. The zero-order chi connectivity index (χ0) is 16.8. The zero-order valence-corrected chi connectivity index (χ0v) is 14.1. The largest absolute Gasteiger partial charge is 0.353 e. The van der Waals surface area contributed by atoms with Crippen LogP contribution in [0.3, 0.4) is 0 Å². The number of amides is 1. The molecule has 1 fully saturated rings. The fourth-order valence-corrected chi connectivity index (χ4v) is 3.15. The van der Waals surface area contributed by atoms with Gasteiger partial charge in [0.1, 0.15) is 6.54 Å². The second-order valence-electron chi connectivity index (χ2n) is 6.28. The Hall–Kier alpha value is -2.18. The van der Waals surface area contributed by atoms with Crippen LogP contribution in [0.2, 0.25) is 0 Å². The summed E-state index contributed by atoms with van der Waals surface area (Å²) in [6.07, 6.45) is 3.48. The van der Waals surface area contributed by atoms with Crippen LogP contribution in [-0.2, 0) is 11.3 Å². The van der Waals surface area contributed by atoms with Crippen LogP contribution in [0, 0.1) is 0 Å². The fourth-order valence-electron chi connectivity index (χ4n) is 3.15. The van der Waals surface area contributed by atoms with Crippen molar-refractivity contribution in [1.29, 1.82) is 0 Å². The monoisotopic (exact) mass is 327 g/mol. The third-order valence-electron chi connectivity index (χ3n) is 4.46. The predicted octanol–water partition coefficient (Wildman–Crippen LogP) is 0.988. The van der Waals surface area contributed by atoms with Gasteiger partial charge in [-0.1, -0.05) is 30.3 Å². The maximum absolute atomic E-state index is 12.0. The number of benzene rings is 1. The average molecular weight is 327 g/mol. The Balaban J connectivity index is 1.51. The molecule has 1 amide bonds. The molecule has 3 rings (SSSR count). The Kier molecular flexibility index (Phi) is 5.61. The van der Waals surface area contributed by atoms with Gasteiger partial charge in [-0.3, -0.25) is 14.4 Å². The van der Waals surface area contributed by atoms with E-state index in [4.69, 9.17) is 0 Å². The van der Waals surface area contributed by atoms with Crippen molar-refractivity contribution in [3.63, 3.8) is 0 Å². The first-order chi connectivity index (χ1) is 11.7. The van der Waals surface area contributed by atoms with Crippen molar-refractivity contribution in [2.75, 3.05) is 39.8 Å². The minimum absolute atomic E-state index is 0.00379. The van der Waals surface area contributed by atoms with E-state index in [2.05, 4.69) is 57.6 Å². The lowest BCUT2D eigenvalue weighted by Crippen LogP contribution is -2.49. The Morgan fingerprint density at radius 1 is 1.25 bits per heavy atom. The number of rotatable bonds is 6. The highest BCUT2D eigenvalue weighted by molar-refractivity contribution is 5.75. The lowest BCUT2D eigenvalue weighted by atomic mass is 10.0. The summed E-state index contributed by atoms with van der Waals surface area (Å²) in [6.45, 7) is 4.89. The Bertz CT molecular complexity index is 628. The van der Waals surface area contributed by atoms with Crippen molar-refractivity contribution in [1.82, 2.24) is 24.9 Å². The third kappa shape index (κ3) is 4.43. The molecule has 1 aliphatic rings. The quantitative estimate of drug-likeness (QED) is 0.860. The number of nitrogens with zero attached hydrogens (tertiary/aromatic N) is 4. The van der Waals surface area contributed by atoms with E-state index < -0.39 is 0 Å². The summed E-state index contributed by atoms with van der Waals surface area (Å²) < 4.78 is 1.64. The Morgan fingerprint density at radius 3 is 2.83 bits per heavy atom. The van der Waals surface area contributed by atoms with E-state index in [-0.39, 0.29) is 12.5 Å². The maximum atomic E-state index is 12.0. The van der Waals surface area contributed by atoms with E-state index in [1.807, 2.05) is 6.07 Å². The van der Waals surface area contributed by atoms with Crippen LogP contribution < -0.4 is 5.32 Å². The molecule has 1 aliphatic heterocycles. The molecule has 1 aromatic carbocycles. The smallest absolute Gasteiger partial charge is 0.241 e. The molecule has 1 N–H and O–H groups in total. The van der Waals surface area contributed by atoms with Crippen LogP contribution in [0.15, 0.2) is 48.8 Å². The number of hydrogen-bond donors (Lipinski definition) is 1. The normalized spacial score (nSPS) is 19.3. The molecule has 1 aromatic heterocycles. The first-order valence-corrected chi connectivity index (χ1v) is 8.44. The van der Waals surface area contributed by atoms with E-state index in [0.717, 1.165) is 26.2 Å². The fraction of sp³-hybridized carbons (Fsp3) is 0.444. The summed E-state index contributed by atoms with van der Waals surface area (Å²) in [6, 6.07) is 12.8. The molecule has 0 radical (unpaired) electrons. The van der Waals surface area contributed by atoms with Gasteiger partial charge in [-0.25, -0.2) is 0 Å². The van der Waals surface area contributed by atoms with Crippen molar-refractivity contribution < 1.29 is 4.79 Å². The second kappa shape index (κ2) is 8.08. The van der Waals surface area contributed by atoms with Gasteiger partial charge in [0.2, 0.25) is 5.91 Å². The molecular weight excluding hydrogens is 302 g/mol. The van der Waals surface area contributed by atoms with Crippen molar-refractivity contribution >= 4 is 5.91 Å². The summed E-state index contributed by atoms with van der Waals surface area (Å²) in [7, 11) is 2.17. The van der Waals surface area contributed by atoms with Crippen molar-refractivity contribution in [2.24, 2.45) is 0 Å². The van der Waals surface area contributed by atoms with Crippen LogP contribution in [0.1, 0.15) is 11.6 Å². The van der Waals surface area contributed by atoms with Gasteiger partial charge in [0, 0.05) is 51.2 Å². The number of carbonyl (C=O) groups excluding carboxylic acids is 1. The van der Waals surface area contributed by atoms with Gasteiger partial charge < -0.3 is 10.2 Å². The molecule has 0 saturated carbocycles. The maximum Gasteiger partial charge on any atom is 0.241 e. The highest BCUT2D eigenvalue weighted by Crippen LogP contribution is 2.24. The number of hydrogen-bond acceptors (Lipinski definition) is 4. The van der Waals surface area contributed by atoms with Gasteiger partial charge >= 0.3 is 0 Å². The molecule has 6 nitrogen and oxygen atoms in total. The number of carbonyl (C=O) groups is 1. The first kappa shape index (κ1) is 16.7. The second-order valence-corrected chi connectivity index (χ2v) is 6.28. The molecular formula is C18H25N5O. The first-order valence-electron chi connectivity index (χ1n) is 8.44. The van der Waals surface area contributed by atoms with Gasteiger partial charge in [-0.15, -0.1) is 0 Å². The number of likely N-dealkylation sites (N-methyl/N-ethyl adjacent to an activating group) is 1. The lowest BCUT2D eigenvalue weighted by molar-refractivity contribution is -0.121. The summed E-state index contributed by atoms with van der Waals surface area (Å²) in [5, 5.41) is 7.05. The predicted molar refractivity (Wildman–Crippen MR) is 93.5 cm³/mol. The molecule has 128 valence electrons. The van der Waals surface area contributed by atoms with Gasteiger partial charge in [-0.2, -0.15) is 5.10 Å². The van der Waals surface area contributed by atoms with E-state index in [9.17, 15) is 4.79 Å². The van der Waals surface area contributed by atoms with Gasteiger partial charge in [0.15, 0.2) is 0 Å². The van der Waals surface area contributed by atoms with Crippen LogP contribution in [0.4, 0.5) is 0 Å². The lowest BCUT2D eigenvalue weighted by Gasteiger charge is -2.40. The van der Waals surface area contributed by atoms with E-state index in [1.165, 1.54) is 5.56 Å². The zero-order valence-electron chi connectivity index (χ0n) is 14.1. The van der Waals surface area contributed by atoms with Crippen LogP contribution in [0.25, 0.3) is 0 Å². The summed E-state index contributed by atoms with van der Waals surface area (Å²) in [5.74, 6) is 0.00379. The number of aromatic nitrogens is 2. The average Bonchev–Trinajstić information content (AvgIpc) is 3.10. The molecule has 1 atom stereocenters.